The molecule has 1 N–H and O–H groups in total. The Morgan fingerprint density at radius 1 is 1.11 bits per heavy atom. The Morgan fingerprint density at radius 3 is 2.53 bits per heavy atom. The van der Waals surface area contributed by atoms with Gasteiger partial charge in [-0.25, -0.2) is 0 Å². The Bertz CT molecular complexity index is 588. The number of fused-ring (bicyclic) bond motifs is 1. The zero-order valence-corrected chi connectivity index (χ0v) is 11.5. The van der Waals surface area contributed by atoms with Crippen molar-refractivity contribution in [3.05, 3.63) is 35.5 Å². The summed E-state index contributed by atoms with van der Waals surface area (Å²) < 4.78 is 0. The zero-order chi connectivity index (χ0) is 13.2. The van der Waals surface area contributed by atoms with Gasteiger partial charge in [0.25, 0.3) is 0 Å². The Kier molecular flexibility index (Phi) is 3.41. The molecule has 0 aliphatic heterocycles. The van der Waals surface area contributed by atoms with Gasteiger partial charge in [-0.05, 0) is 25.8 Å². The molecule has 2 heteroatoms. The summed E-state index contributed by atoms with van der Waals surface area (Å²) in [6.07, 6.45) is 7.12. The summed E-state index contributed by atoms with van der Waals surface area (Å²) in [5.74, 6) is 0.595. The van der Waals surface area contributed by atoms with Crippen LogP contribution in [0.4, 0.5) is 0 Å². The van der Waals surface area contributed by atoms with Crippen molar-refractivity contribution in [2.45, 2.75) is 45.4 Å². The quantitative estimate of drug-likeness (QED) is 0.616. The van der Waals surface area contributed by atoms with Gasteiger partial charge in [-0.3, -0.25) is 4.79 Å². The van der Waals surface area contributed by atoms with Gasteiger partial charge in [0.15, 0.2) is 5.78 Å². The minimum Gasteiger partial charge on any atom is -0.358 e. The summed E-state index contributed by atoms with van der Waals surface area (Å²) >= 11 is 0. The van der Waals surface area contributed by atoms with Crippen LogP contribution in [0.2, 0.25) is 0 Å². The molecule has 100 valence electrons. The average Bonchev–Trinajstić information content (AvgIpc) is 2.61. The predicted octanol–water partition coefficient (Wildman–Crippen LogP) is 4.63. The van der Waals surface area contributed by atoms with E-state index in [0.717, 1.165) is 35.0 Å². The first-order valence-corrected chi connectivity index (χ1v) is 7.39. The van der Waals surface area contributed by atoms with E-state index in [4.69, 9.17) is 0 Å². The van der Waals surface area contributed by atoms with Crippen molar-refractivity contribution in [2.24, 2.45) is 5.92 Å². The standard InChI is InChI=1S/C17H21NO/c1-12-16(14-10-6-7-11-15(14)18-12)17(19)13-8-4-2-3-5-9-13/h6-7,10-11,13,18H,2-5,8-9H2,1H3. The van der Waals surface area contributed by atoms with E-state index in [9.17, 15) is 4.79 Å². The molecule has 1 fully saturated rings. The number of carbonyl (C=O) groups excluding carboxylic acids is 1. The van der Waals surface area contributed by atoms with Crippen LogP contribution in [-0.2, 0) is 0 Å². The van der Waals surface area contributed by atoms with E-state index in [0.29, 0.717) is 5.78 Å². The van der Waals surface area contributed by atoms with Crippen LogP contribution in [0.3, 0.4) is 0 Å². The number of aryl methyl sites for hydroxylation is 1. The largest absolute Gasteiger partial charge is 0.358 e. The predicted molar refractivity (Wildman–Crippen MR) is 78.6 cm³/mol. The van der Waals surface area contributed by atoms with Crippen LogP contribution in [0.5, 0.6) is 0 Å². The number of aromatic amines is 1. The lowest BCUT2D eigenvalue weighted by Gasteiger charge is -2.12. The van der Waals surface area contributed by atoms with E-state index in [1.807, 2.05) is 25.1 Å². The molecule has 2 aromatic rings. The lowest BCUT2D eigenvalue weighted by Crippen LogP contribution is -2.14. The van der Waals surface area contributed by atoms with Crippen molar-refractivity contribution in [3.8, 4) is 0 Å². The summed E-state index contributed by atoms with van der Waals surface area (Å²) in [7, 11) is 0. The van der Waals surface area contributed by atoms with E-state index >= 15 is 0 Å². The first kappa shape index (κ1) is 12.5. The number of H-pyrrole nitrogens is 1. The van der Waals surface area contributed by atoms with E-state index in [1.165, 1.54) is 25.7 Å². The number of carbonyl (C=O) groups is 1. The minimum absolute atomic E-state index is 0.236. The van der Waals surface area contributed by atoms with Gasteiger partial charge in [0.2, 0.25) is 0 Å². The fourth-order valence-electron chi connectivity index (χ4n) is 3.34. The third-order valence-electron chi connectivity index (χ3n) is 4.37. The van der Waals surface area contributed by atoms with Gasteiger partial charge < -0.3 is 4.98 Å². The molecule has 0 saturated heterocycles. The van der Waals surface area contributed by atoms with Crippen molar-refractivity contribution in [3.63, 3.8) is 0 Å². The Morgan fingerprint density at radius 2 is 1.79 bits per heavy atom. The molecule has 1 aromatic carbocycles. The number of benzene rings is 1. The number of ketones is 1. The SMILES string of the molecule is Cc1[nH]c2ccccc2c1C(=O)C1CCCCCC1. The third kappa shape index (κ3) is 2.32. The Hall–Kier alpha value is -1.57. The number of hydrogen-bond donors (Lipinski definition) is 1. The second-order valence-corrected chi connectivity index (χ2v) is 5.72. The number of para-hydroxylation sites is 1. The molecule has 0 bridgehead atoms. The topological polar surface area (TPSA) is 32.9 Å². The number of Topliss-reactive ketones (excluding diaryl/α,β-unsaturated/α-hetero) is 1. The number of aromatic nitrogens is 1. The molecule has 1 aliphatic carbocycles. The van der Waals surface area contributed by atoms with Crippen LogP contribution in [-0.4, -0.2) is 10.8 Å². The number of hydrogen-bond acceptors (Lipinski definition) is 1. The highest BCUT2D eigenvalue weighted by Gasteiger charge is 2.25. The Balaban J connectivity index is 1.98. The van der Waals surface area contributed by atoms with Crippen molar-refractivity contribution < 1.29 is 4.79 Å². The normalized spacial score (nSPS) is 17.5. The van der Waals surface area contributed by atoms with Crippen LogP contribution in [0.25, 0.3) is 10.9 Å². The van der Waals surface area contributed by atoms with Crippen molar-refractivity contribution >= 4 is 16.7 Å². The Labute approximate surface area is 114 Å². The molecule has 2 nitrogen and oxygen atoms in total. The second kappa shape index (κ2) is 5.20. The fraction of sp³-hybridized carbons (Fsp3) is 0.471. The van der Waals surface area contributed by atoms with Crippen LogP contribution in [0.15, 0.2) is 24.3 Å². The summed E-state index contributed by atoms with van der Waals surface area (Å²) in [5.41, 5.74) is 3.04. The first-order chi connectivity index (χ1) is 9.27. The molecule has 0 atom stereocenters. The first-order valence-electron chi connectivity index (χ1n) is 7.39. The summed E-state index contributed by atoms with van der Waals surface area (Å²) in [6.45, 7) is 2.02. The smallest absolute Gasteiger partial charge is 0.168 e. The van der Waals surface area contributed by atoms with Gasteiger partial charge in [-0.2, -0.15) is 0 Å². The van der Waals surface area contributed by atoms with Crippen LogP contribution in [0.1, 0.15) is 54.6 Å². The third-order valence-corrected chi connectivity index (χ3v) is 4.37. The van der Waals surface area contributed by atoms with Crippen molar-refractivity contribution in [2.75, 3.05) is 0 Å². The van der Waals surface area contributed by atoms with Gasteiger partial charge in [-0.15, -0.1) is 0 Å². The molecular weight excluding hydrogens is 234 g/mol. The monoisotopic (exact) mass is 255 g/mol. The molecule has 1 heterocycles. The van der Waals surface area contributed by atoms with Gasteiger partial charge in [0, 0.05) is 28.1 Å². The molecule has 3 rings (SSSR count). The van der Waals surface area contributed by atoms with Crippen molar-refractivity contribution in [1.29, 1.82) is 0 Å². The van der Waals surface area contributed by atoms with Gasteiger partial charge >= 0.3 is 0 Å². The zero-order valence-electron chi connectivity index (χ0n) is 11.5. The summed E-state index contributed by atoms with van der Waals surface area (Å²) in [6, 6.07) is 8.13. The average molecular weight is 255 g/mol. The molecule has 1 aliphatic rings. The van der Waals surface area contributed by atoms with E-state index < -0.39 is 0 Å². The van der Waals surface area contributed by atoms with Gasteiger partial charge in [0.05, 0.1) is 0 Å². The minimum atomic E-state index is 0.236. The van der Waals surface area contributed by atoms with E-state index in [1.54, 1.807) is 0 Å². The molecule has 0 spiro atoms. The summed E-state index contributed by atoms with van der Waals surface area (Å²) in [5, 5.41) is 1.09. The van der Waals surface area contributed by atoms with Crippen molar-refractivity contribution in [1.82, 2.24) is 4.98 Å². The van der Waals surface area contributed by atoms with E-state index in [-0.39, 0.29) is 5.92 Å². The highest BCUT2D eigenvalue weighted by atomic mass is 16.1. The molecule has 0 unspecified atom stereocenters. The highest BCUT2D eigenvalue weighted by molar-refractivity contribution is 6.10. The second-order valence-electron chi connectivity index (χ2n) is 5.72. The van der Waals surface area contributed by atoms with Crippen LogP contribution in [0, 0.1) is 12.8 Å². The lowest BCUT2D eigenvalue weighted by molar-refractivity contribution is 0.0909. The van der Waals surface area contributed by atoms with E-state index in [2.05, 4.69) is 11.1 Å². The summed E-state index contributed by atoms with van der Waals surface area (Å²) in [4.78, 5) is 16.2. The lowest BCUT2D eigenvalue weighted by atomic mass is 9.90. The molecule has 0 amide bonds. The van der Waals surface area contributed by atoms with Crippen LogP contribution < -0.4 is 0 Å². The maximum absolute atomic E-state index is 12.8. The maximum atomic E-state index is 12.8. The molecular formula is C17H21NO. The molecule has 0 radical (unpaired) electrons. The molecule has 1 aromatic heterocycles. The molecule has 1 saturated carbocycles. The molecule has 19 heavy (non-hydrogen) atoms. The fourth-order valence-corrected chi connectivity index (χ4v) is 3.34. The van der Waals surface area contributed by atoms with Crippen LogP contribution >= 0.6 is 0 Å². The number of rotatable bonds is 2. The van der Waals surface area contributed by atoms with Gasteiger partial charge in [-0.1, -0.05) is 43.9 Å². The van der Waals surface area contributed by atoms with Gasteiger partial charge in [0.1, 0.15) is 0 Å². The maximum Gasteiger partial charge on any atom is 0.168 e. The highest BCUT2D eigenvalue weighted by Crippen LogP contribution is 2.30. The number of nitrogens with one attached hydrogen (secondary N) is 1.